The number of likely N-dealkylation sites (tertiary alicyclic amines) is 1. The first-order chi connectivity index (χ1) is 9.58. The highest BCUT2D eigenvalue weighted by Gasteiger charge is 2.44. The Morgan fingerprint density at radius 2 is 2.25 bits per heavy atom. The molecular formula is C15H19NO4. The van der Waals surface area contributed by atoms with E-state index in [0.717, 1.165) is 12.0 Å². The van der Waals surface area contributed by atoms with Gasteiger partial charge in [-0.05, 0) is 24.1 Å². The largest absolute Gasteiger partial charge is 0.497 e. The summed E-state index contributed by atoms with van der Waals surface area (Å²) in [5.74, 6) is -1.04. The first-order valence-corrected chi connectivity index (χ1v) is 6.74. The molecule has 0 aromatic heterocycles. The van der Waals surface area contributed by atoms with Crippen LogP contribution in [0.1, 0.15) is 31.4 Å². The summed E-state index contributed by atoms with van der Waals surface area (Å²) in [7, 11) is 1.57. The molecule has 1 aliphatic heterocycles. The van der Waals surface area contributed by atoms with Gasteiger partial charge in [-0.1, -0.05) is 19.1 Å². The third kappa shape index (κ3) is 2.61. The summed E-state index contributed by atoms with van der Waals surface area (Å²) in [6.45, 7) is 2.55. The molecule has 1 heterocycles. The van der Waals surface area contributed by atoms with Crippen molar-refractivity contribution in [2.24, 2.45) is 5.92 Å². The van der Waals surface area contributed by atoms with Crippen LogP contribution < -0.4 is 4.74 Å². The van der Waals surface area contributed by atoms with Gasteiger partial charge in [0, 0.05) is 13.0 Å². The molecule has 0 bridgehead atoms. The predicted octanol–water partition coefficient (Wildman–Crippen LogP) is 2.08. The number of carbonyl (C=O) groups excluding carboxylic acids is 1. The number of methoxy groups -OCH3 is 1. The minimum Gasteiger partial charge on any atom is -0.497 e. The third-order valence-corrected chi connectivity index (χ3v) is 3.65. The number of hydrogen-bond acceptors (Lipinski definition) is 3. The van der Waals surface area contributed by atoms with E-state index in [1.54, 1.807) is 18.1 Å². The Kier molecular flexibility index (Phi) is 4.27. The molecule has 0 spiro atoms. The lowest BCUT2D eigenvalue weighted by atomic mass is 9.93. The summed E-state index contributed by atoms with van der Waals surface area (Å²) in [6.07, 6.45) is 0.871. The smallest absolute Gasteiger partial charge is 0.309 e. The van der Waals surface area contributed by atoms with Crippen molar-refractivity contribution in [2.45, 2.75) is 25.8 Å². The van der Waals surface area contributed by atoms with Crippen LogP contribution in [0.25, 0.3) is 0 Å². The van der Waals surface area contributed by atoms with E-state index in [1.165, 1.54) is 0 Å². The number of nitrogens with zero attached hydrogens (tertiary/aromatic N) is 1. The summed E-state index contributed by atoms with van der Waals surface area (Å²) in [5, 5.41) is 9.37. The molecule has 2 atom stereocenters. The Bertz CT molecular complexity index is 514. The van der Waals surface area contributed by atoms with Crippen molar-refractivity contribution in [3.63, 3.8) is 0 Å². The van der Waals surface area contributed by atoms with Gasteiger partial charge in [-0.3, -0.25) is 9.59 Å². The second-order valence-corrected chi connectivity index (χ2v) is 4.96. The topological polar surface area (TPSA) is 66.8 Å². The average molecular weight is 277 g/mol. The lowest BCUT2D eigenvalue weighted by Crippen LogP contribution is -2.31. The second-order valence-electron chi connectivity index (χ2n) is 4.96. The molecule has 1 aromatic rings. The molecule has 5 nitrogen and oxygen atoms in total. The van der Waals surface area contributed by atoms with Gasteiger partial charge in [0.05, 0.1) is 19.1 Å². The number of benzene rings is 1. The van der Waals surface area contributed by atoms with Gasteiger partial charge in [-0.15, -0.1) is 0 Å². The van der Waals surface area contributed by atoms with Gasteiger partial charge in [0.15, 0.2) is 0 Å². The fourth-order valence-corrected chi connectivity index (χ4v) is 2.75. The van der Waals surface area contributed by atoms with Crippen molar-refractivity contribution in [2.75, 3.05) is 13.7 Å². The zero-order chi connectivity index (χ0) is 14.7. The number of aliphatic carboxylic acids is 1. The Balaban J connectivity index is 2.40. The Labute approximate surface area is 118 Å². The van der Waals surface area contributed by atoms with Gasteiger partial charge >= 0.3 is 5.97 Å². The Morgan fingerprint density at radius 3 is 2.85 bits per heavy atom. The van der Waals surface area contributed by atoms with E-state index in [4.69, 9.17) is 4.74 Å². The second kappa shape index (κ2) is 5.94. The van der Waals surface area contributed by atoms with Crippen LogP contribution in [0.2, 0.25) is 0 Å². The molecule has 0 saturated carbocycles. The molecule has 1 saturated heterocycles. The highest BCUT2D eigenvalue weighted by Crippen LogP contribution is 2.39. The van der Waals surface area contributed by atoms with Gasteiger partial charge in [0.25, 0.3) is 0 Å². The molecule has 1 aromatic carbocycles. The number of hydrogen-bond donors (Lipinski definition) is 1. The Morgan fingerprint density at radius 1 is 1.50 bits per heavy atom. The molecule has 1 N–H and O–H groups in total. The van der Waals surface area contributed by atoms with Crippen LogP contribution in [-0.2, 0) is 9.59 Å². The van der Waals surface area contributed by atoms with E-state index in [2.05, 4.69) is 0 Å². The number of carbonyl (C=O) groups is 2. The van der Waals surface area contributed by atoms with Crippen LogP contribution in [-0.4, -0.2) is 35.5 Å². The molecule has 20 heavy (non-hydrogen) atoms. The minimum atomic E-state index is -0.926. The third-order valence-electron chi connectivity index (χ3n) is 3.65. The molecular weight excluding hydrogens is 258 g/mol. The van der Waals surface area contributed by atoms with Gasteiger partial charge in [-0.25, -0.2) is 0 Å². The summed E-state index contributed by atoms with van der Waals surface area (Å²) < 4.78 is 5.18. The summed E-state index contributed by atoms with van der Waals surface area (Å²) in [5.41, 5.74) is 0.816. The number of carboxylic acids is 1. The molecule has 1 aliphatic rings. The average Bonchev–Trinajstić information content (AvgIpc) is 2.77. The SMILES string of the molecule is CCCN1C(=O)CC(C(=O)O)C1c1cccc(OC)c1. The number of carboxylic acid groups (broad SMARTS) is 1. The zero-order valence-electron chi connectivity index (χ0n) is 11.7. The summed E-state index contributed by atoms with van der Waals surface area (Å²) >= 11 is 0. The van der Waals surface area contributed by atoms with Crippen molar-refractivity contribution in [3.05, 3.63) is 29.8 Å². The number of amides is 1. The van der Waals surface area contributed by atoms with Crippen LogP contribution in [0.15, 0.2) is 24.3 Å². The van der Waals surface area contributed by atoms with Crippen molar-refractivity contribution in [3.8, 4) is 5.75 Å². The molecule has 1 amide bonds. The molecule has 108 valence electrons. The van der Waals surface area contributed by atoms with E-state index in [0.29, 0.717) is 12.3 Å². The van der Waals surface area contributed by atoms with Crippen LogP contribution in [0.5, 0.6) is 5.75 Å². The quantitative estimate of drug-likeness (QED) is 0.894. The number of rotatable bonds is 5. The van der Waals surface area contributed by atoms with Gasteiger partial charge < -0.3 is 14.7 Å². The molecule has 1 fully saturated rings. The fourth-order valence-electron chi connectivity index (χ4n) is 2.75. The van der Waals surface area contributed by atoms with E-state index in [-0.39, 0.29) is 12.3 Å². The molecule has 2 rings (SSSR count). The predicted molar refractivity (Wildman–Crippen MR) is 73.5 cm³/mol. The molecule has 0 radical (unpaired) electrons. The van der Waals surface area contributed by atoms with Crippen molar-refractivity contribution in [1.29, 1.82) is 0 Å². The van der Waals surface area contributed by atoms with Crippen LogP contribution in [0.3, 0.4) is 0 Å². The lowest BCUT2D eigenvalue weighted by molar-refractivity contribution is -0.142. The van der Waals surface area contributed by atoms with Crippen LogP contribution in [0.4, 0.5) is 0 Å². The van der Waals surface area contributed by atoms with E-state index in [1.807, 2.05) is 25.1 Å². The zero-order valence-corrected chi connectivity index (χ0v) is 11.7. The maximum Gasteiger partial charge on any atom is 0.309 e. The summed E-state index contributed by atoms with van der Waals surface area (Å²) in [4.78, 5) is 25.1. The van der Waals surface area contributed by atoms with Crippen LogP contribution in [0, 0.1) is 5.92 Å². The first kappa shape index (κ1) is 14.4. The van der Waals surface area contributed by atoms with Crippen molar-refractivity contribution in [1.82, 2.24) is 4.90 Å². The lowest BCUT2D eigenvalue weighted by Gasteiger charge is -2.27. The highest BCUT2D eigenvalue weighted by atomic mass is 16.5. The molecule has 2 unspecified atom stereocenters. The van der Waals surface area contributed by atoms with Crippen LogP contribution >= 0.6 is 0 Å². The summed E-state index contributed by atoms with van der Waals surface area (Å²) in [6, 6.07) is 6.88. The molecule has 0 aliphatic carbocycles. The number of ether oxygens (including phenoxy) is 1. The van der Waals surface area contributed by atoms with E-state index in [9.17, 15) is 14.7 Å². The maximum absolute atomic E-state index is 12.0. The van der Waals surface area contributed by atoms with Gasteiger partial charge in [0.2, 0.25) is 5.91 Å². The minimum absolute atomic E-state index is 0.0667. The van der Waals surface area contributed by atoms with Crippen molar-refractivity contribution < 1.29 is 19.4 Å². The normalized spacial score (nSPS) is 22.1. The maximum atomic E-state index is 12.0. The van der Waals surface area contributed by atoms with Gasteiger partial charge in [0.1, 0.15) is 5.75 Å². The van der Waals surface area contributed by atoms with Crippen molar-refractivity contribution >= 4 is 11.9 Å². The van der Waals surface area contributed by atoms with E-state index < -0.39 is 17.9 Å². The Hall–Kier alpha value is -2.04. The highest BCUT2D eigenvalue weighted by molar-refractivity contribution is 5.87. The standard InChI is InChI=1S/C15H19NO4/c1-3-7-16-13(17)9-12(15(18)19)14(16)10-5-4-6-11(8-10)20-2/h4-6,8,12,14H,3,7,9H2,1-2H3,(H,18,19). The molecule has 5 heteroatoms. The fraction of sp³-hybridized carbons (Fsp3) is 0.467. The monoisotopic (exact) mass is 277 g/mol. The van der Waals surface area contributed by atoms with Gasteiger partial charge in [-0.2, -0.15) is 0 Å². The van der Waals surface area contributed by atoms with E-state index >= 15 is 0 Å². The first-order valence-electron chi connectivity index (χ1n) is 6.74.